The maximum absolute atomic E-state index is 12.3. The summed E-state index contributed by atoms with van der Waals surface area (Å²) in [5.74, 6) is -0.665. The molecule has 19 heavy (non-hydrogen) atoms. The molecule has 2 N–H and O–H groups in total. The smallest absolute Gasteiger partial charge is 0.254 e. The van der Waals surface area contributed by atoms with Gasteiger partial charge in [-0.05, 0) is 36.6 Å². The molecule has 1 heterocycles. The van der Waals surface area contributed by atoms with Crippen LogP contribution in [-0.2, 0) is 6.54 Å². The molecule has 1 amide bonds. The molecule has 0 aliphatic carbocycles. The van der Waals surface area contributed by atoms with Gasteiger partial charge < -0.3 is 15.1 Å². The minimum absolute atomic E-state index is 0.161. The third-order valence-corrected chi connectivity index (χ3v) is 3.68. The lowest BCUT2D eigenvalue weighted by Crippen LogP contribution is -2.29. The summed E-state index contributed by atoms with van der Waals surface area (Å²) in [5, 5.41) is 20.7. The molecule has 100 valence electrons. The second-order valence-electron chi connectivity index (χ2n) is 4.10. The number of aromatic hydroxyl groups is 2. The topological polar surface area (TPSA) is 60.8 Å². The fourth-order valence-corrected chi connectivity index (χ4v) is 2.48. The van der Waals surface area contributed by atoms with E-state index >= 15 is 0 Å². The average molecular weight is 277 g/mol. The van der Waals surface area contributed by atoms with E-state index in [1.165, 1.54) is 18.2 Å². The molecule has 0 fully saturated rings. The van der Waals surface area contributed by atoms with Crippen molar-refractivity contribution in [1.29, 1.82) is 0 Å². The van der Waals surface area contributed by atoms with Crippen LogP contribution in [-0.4, -0.2) is 27.6 Å². The standard InChI is InChI=1S/C14H15NO3S/c1-2-15(9-11-4-3-7-19-11)14(18)10-5-6-12(16)13(17)8-10/h3-8,16-17H,2,9H2,1H3. The van der Waals surface area contributed by atoms with E-state index in [1.54, 1.807) is 16.2 Å². The molecule has 2 rings (SSSR count). The lowest BCUT2D eigenvalue weighted by molar-refractivity contribution is 0.0753. The van der Waals surface area contributed by atoms with Gasteiger partial charge in [-0.3, -0.25) is 4.79 Å². The van der Waals surface area contributed by atoms with Crippen LogP contribution in [0.2, 0.25) is 0 Å². The molecule has 0 spiro atoms. The molecule has 0 aliphatic rings. The lowest BCUT2D eigenvalue weighted by atomic mass is 10.1. The maximum Gasteiger partial charge on any atom is 0.254 e. The van der Waals surface area contributed by atoms with Crippen LogP contribution in [0.25, 0.3) is 0 Å². The minimum atomic E-state index is -0.280. The molecule has 0 aliphatic heterocycles. The van der Waals surface area contributed by atoms with Gasteiger partial charge in [-0.15, -0.1) is 11.3 Å². The SMILES string of the molecule is CCN(Cc1cccs1)C(=O)c1ccc(O)c(O)c1. The number of phenolic OH excluding ortho intramolecular Hbond substituents is 2. The van der Waals surface area contributed by atoms with Crippen LogP contribution in [0.5, 0.6) is 11.5 Å². The van der Waals surface area contributed by atoms with Gasteiger partial charge in [-0.1, -0.05) is 6.07 Å². The van der Waals surface area contributed by atoms with E-state index in [0.29, 0.717) is 18.7 Å². The molecule has 0 saturated heterocycles. The van der Waals surface area contributed by atoms with Crippen LogP contribution >= 0.6 is 11.3 Å². The molecule has 4 nitrogen and oxygen atoms in total. The number of carbonyl (C=O) groups is 1. The van der Waals surface area contributed by atoms with Crippen LogP contribution < -0.4 is 0 Å². The van der Waals surface area contributed by atoms with Gasteiger partial charge in [0.25, 0.3) is 5.91 Å². The van der Waals surface area contributed by atoms with E-state index in [-0.39, 0.29) is 17.4 Å². The van der Waals surface area contributed by atoms with Crippen LogP contribution in [0.3, 0.4) is 0 Å². The van der Waals surface area contributed by atoms with E-state index in [9.17, 15) is 15.0 Å². The Balaban J connectivity index is 2.18. The van der Waals surface area contributed by atoms with Crippen molar-refractivity contribution in [2.75, 3.05) is 6.54 Å². The highest BCUT2D eigenvalue weighted by molar-refractivity contribution is 7.09. The number of phenols is 2. The summed E-state index contributed by atoms with van der Waals surface area (Å²) in [6.07, 6.45) is 0. The zero-order chi connectivity index (χ0) is 13.8. The number of benzene rings is 1. The summed E-state index contributed by atoms with van der Waals surface area (Å²) < 4.78 is 0. The molecule has 1 aromatic carbocycles. The number of rotatable bonds is 4. The van der Waals surface area contributed by atoms with Gasteiger partial charge in [0.1, 0.15) is 0 Å². The molecule has 0 unspecified atom stereocenters. The normalized spacial score (nSPS) is 10.4. The summed E-state index contributed by atoms with van der Waals surface area (Å²) in [4.78, 5) is 15.1. The third-order valence-electron chi connectivity index (χ3n) is 2.82. The summed E-state index contributed by atoms with van der Waals surface area (Å²) in [6, 6.07) is 8.05. The monoisotopic (exact) mass is 277 g/mol. The number of thiophene rings is 1. The molecule has 0 atom stereocenters. The Morgan fingerprint density at radius 1 is 1.26 bits per heavy atom. The first-order valence-corrected chi connectivity index (χ1v) is 6.83. The fourth-order valence-electron chi connectivity index (χ4n) is 1.76. The molecular formula is C14H15NO3S. The van der Waals surface area contributed by atoms with Gasteiger partial charge >= 0.3 is 0 Å². The highest BCUT2D eigenvalue weighted by Gasteiger charge is 2.16. The number of amides is 1. The van der Waals surface area contributed by atoms with Gasteiger partial charge in [0.05, 0.1) is 6.54 Å². The van der Waals surface area contributed by atoms with Crippen molar-refractivity contribution < 1.29 is 15.0 Å². The second-order valence-corrected chi connectivity index (χ2v) is 5.13. The van der Waals surface area contributed by atoms with Gasteiger partial charge in [0, 0.05) is 17.0 Å². The Bertz CT molecular complexity index is 566. The number of carbonyl (C=O) groups excluding carboxylic acids is 1. The summed E-state index contributed by atoms with van der Waals surface area (Å²) in [6.45, 7) is 3.04. The van der Waals surface area contributed by atoms with E-state index < -0.39 is 0 Å². The highest BCUT2D eigenvalue weighted by atomic mass is 32.1. The first-order valence-electron chi connectivity index (χ1n) is 5.95. The molecule has 5 heteroatoms. The van der Waals surface area contributed by atoms with E-state index in [0.717, 1.165) is 4.88 Å². The van der Waals surface area contributed by atoms with Crippen molar-refractivity contribution in [3.63, 3.8) is 0 Å². The lowest BCUT2D eigenvalue weighted by Gasteiger charge is -2.20. The van der Waals surface area contributed by atoms with Crippen molar-refractivity contribution in [3.05, 3.63) is 46.2 Å². The van der Waals surface area contributed by atoms with E-state index in [4.69, 9.17) is 0 Å². The zero-order valence-corrected chi connectivity index (χ0v) is 11.4. The highest BCUT2D eigenvalue weighted by Crippen LogP contribution is 2.25. The Morgan fingerprint density at radius 3 is 2.63 bits per heavy atom. The van der Waals surface area contributed by atoms with Gasteiger partial charge in [-0.2, -0.15) is 0 Å². The zero-order valence-electron chi connectivity index (χ0n) is 10.5. The Hall–Kier alpha value is -2.01. The first kappa shape index (κ1) is 13.4. The number of hydrogen-bond acceptors (Lipinski definition) is 4. The molecule has 0 saturated carbocycles. The van der Waals surface area contributed by atoms with Crippen molar-refractivity contribution in [3.8, 4) is 11.5 Å². The van der Waals surface area contributed by atoms with Crippen molar-refractivity contribution in [2.45, 2.75) is 13.5 Å². The Morgan fingerprint density at radius 2 is 2.05 bits per heavy atom. The predicted molar refractivity (Wildman–Crippen MR) is 74.5 cm³/mol. The largest absolute Gasteiger partial charge is 0.504 e. The van der Waals surface area contributed by atoms with Gasteiger partial charge in [0.2, 0.25) is 0 Å². The van der Waals surface area contributed by atoms with E-state index in [2.05, 4.69) is 0 Å². The number of hydrogen-bond donors (Lipinski definition) is 2. The summed E-state index contributed by atoms with van der Waals surface area (Å²) in [5.41, 5.74) is 0.369. The van der Waals surface area contributed by atoms with Crippen molar-refractivity contribution >= 4 is 17.2 Å². The van der Waals surface area contributed by atoms with Crippen molar-refractivity contribution in [2.24, 2.45) is 0 Å². The molecule has 0 bridgehead atoms. The predicted octanol–water partition coefficient (Wildman–Crippen LogP) is 2.82. The Kier molecular flexibility index (Phi) is 4.06. The van der Waals surface area contributed by atoms with Crippen molar-refractivity contribution in [1.82, 2.24) is 4.90 Å². The van der Waals surface area contributed by atoms with E-state index in [1.807, 2.05) is 24.4 Å². The van der Waals surface area contributed by atoms with Crippen LogP contribution in [0.4, 0.5) is 0 Å². The quantitative estimate of drug-likeness (QED) is 0.845. The maximum atomic E-state index is 12.3. The molecule has 1 aromatic heterocycles. The van der Waals surface area contributed by atoms with Crippen LogP contribution in [0.15, 0.2) is 35.7 Å². The average Bonchev–Trinajstić information content (AvgIpc) is 2.91. The third kappa shape index (κ3) is 3.06. The summed E-state index contributed by atoms with van der Waals surface area (Å²) >= 11 is 1.60. The number of nitrogens with zero attached hydrogens (tertiary/aromatic N) is 1. The molecule has 2 aromatic rings. The summed E-state index contributed by atoms with van der Waals surface area (Å²) in [7, 11) is 0. The second kappa shape index (κ2) is 5.75. The fraction of sp³-hybridized carbons (Fsp3) is 0.214. The van der Waals surface area contributed by atoms with Gasteiger partial charge in [-0.25, -0.2) is 0 Å². The Labute approximate surface area is 115 Å². The minimum Gasteiger partial charge on any atom is -0.504 e. The molecular weight excluding hydrogens is 262 g/mol. The van der Waals surface area contributed by atoms with Gasteiger partial charge in [0.15, 0.2) is 11.5 Å². The van der Waals surface area contributed by atoms with Crippen LogP contribution in [0.1, 0.15) is 22.2 Å². The molecule has 0 radical (unpaired) electrons. The van der Waals surface area contributed by atoms with Crippen LogP contribution in [0, 0.1) is 0 Å². The first-order chi connectivity index (χ1) is 9.11.